The second-order valence-electron chi connectivity index (χ2n) is 4.69. The first-order valence-corrected chi connectivity index (χ1v) is 8.08. The summed E-state index contributed by atoms with van der Waals surface area (Å²) in [4.78, 5) is 8.13. The van der Waals surface area contributed by atoms with Crippen molar-refractivity contribution in [2.75, 3.05) is 38.3 Å². The fraction of sp³-hybridized carbons (Fsp3) is 0.643. The van der Waals surface area contributed by atoms with E-state index >= 15 is 0 Å². The van der Waals surface area contributed by atoms with Gasteiger partial charge in [-0.2, -0.15) is 0 Å². The molecule has 2 aromatic heterocycles. The van der Waals surface area contributed by atoms with Gasteiger partial charge in [-0.1, -0.05) is 6.92 Å². The van der Waals surface area contributed by atoms with Crippen LogP contribution in [0.4, 0.5) is 5.82 Å². The minimum absolute atomic E-state index is 0.723. The van der Waals surface area contributed by atoms with Gasteiger partial charge in [-0.05, 0) is 19.9 Å². The molecule has 112 valence electrons. The lowest BCUT2D eigenvalue weighted by atomic mass is 10.3. The smallest absolute Gasteiger partial charge is 0.195 e. The number of anilines is 1. The highest BCUT2D eigenvalue weighted by Crippen LogP contribution is 2.24. The molecule has 0 bridgehead atoms. The van der Waals surface area contributed by atoms with Gasteiger partial charge >= 0.3 is 0 Å². The van der Waals surface area contributed by atoms with Crippen LogP contribution >= 0.6 is 11.3 Å². The van der Waals surface area contributed by atoms with Crippen LogP contribution in [0, 0.1) is 0 Å². The number of hydrogen-bond acceptors (Lipinski definition) is 5. The third-order valence-electron chi connectivity index (χ3n) is 3.31. The van der Waals surface area contributed by atoms with E-state index in [4.69, 9.17) is 9.72 Å². The molecule has 0 saturated heterocycles. The number of likely N-dealkylation sites (N-methyl/N-ethyl adjacent to an activating group) is 1. The summed E-state index contributed by atoms with van der Waals surface area (Å²) in [7, 11) is 1.74. The molecular formula is C14H24N4OS. The number of imidazole rings is 1. The van der Waals surface area contributed by atoms with Gasteiger partial charge in [0.25, 0.3) is 0 Å². The number of nitrogens with one attached hydrogen (secondary N) is 1. The number of rotatable bonds is 9. The van der Waals surface area contributed by atoms with Crippen molar-refractivity contribution < 1.29 is 4.74 Å². The number of fused-ring (bicyclic) bond motifs is 1. The number of ether oxygens (including phenoxy) is 1. The summed E-state index contributed by atoms with van der Waals surface area (Å²) in [5.74, 6) is 1.08. The summed E-state index contributed by atoms with van der Waals surface area (Å²) in [5, 5.41) is 5.56. The van der Waals surface area contributed by atoms with E-state index in [9.17, 15) is 0 Å². The van der Waals surface area contributed by atoms with Crippen molar-refractivity contribution in [2.24, 2.45) is 0 Å². The van der Waals surface area contributed by atoms with Crippen molar-refractivity contribution in [2.45, 2.75) is 26.8 Å². The van der Waals surface area contributed by atoms with E-state index in [-0.39, 0.29) is 0 Å². The number of methoxy groups -OCH3 is 1. The molecule has 1 N–H and O–H groups in total. The lowest BCUT2D eigenvalue weighted by Gasteiger charge is -2.21. The maximum atomic E-state index is 5.20. The van der Waals surface area contributed by atoms with Gasteiger partial charge in [-0.3, -0.25) is 4.40 Å². The Hall–Kier alpha value is -1.11. The van der Waals surface area contributed by atoms with Crippen LogP contribution in [0.3, 0.4) is 0 Å². The summed E-state index contributed by atoms with van der Waals surface area (Å²) in [6.07, 6.45) is 3.24. The van der Waals surface area contributed by atoms with Crippen LogP contribution in [0.25, 0.3) is 4.96 Å². The lowest BCUT2D eigenvalue weighted by molar-refractivity contribution is 0.205. The van der Waals surface area contributed by atoms with Crippen molar-refractivity contribution in [3.05, 3.63) is 17.3 Å². The molecule has 2 aromatic rings. The molecule has 2 heterocycles. The maximum Gasteiger partial charge on any atom is 0.195 e. The highest BCUT2D eigenvalue weighted by atomic mass is 32.1. The number of thiazole rings is 1. The molecule has 6 heteroatoms. The highest BCUT2D eigenvalue weighted by Gasteiger charge is 2.17. The fourth-order valence-corrected chi connectivity index (χ4v) is 2.97. The minimum atomic E-state index is 0.723. The standard InChI is InChI=1S/C14H24N4OS/c1-4-6-15-11-12-13(17(5-2)7-9-19-3)16-14-18(12)8-10-20-14/h8,10,15H,4-7,9,11H2,1-3H3. The van der Waals surface area contributed by atoms with Gasteiger partial charge in [0, 0.05) is 38.3 Å². The number of nitrogens with zero attached hydrogens (tertiary/aromatic N) is 3. The van der Waals surface area contributed by atoms with Crippen molar-refractivity contribution in [3.63, 3.8) is 0 Å². The van der Waals surface area contributed by atoms with E-state index in [1.165, 1.54) is 5.69 Å². The molecular weight excluding hydrogens is 272 g/mol. The average Bonchev–Trinajstić information content (AvgIpc) is 3.03. The third-order valence-corrected chi connectivity index (χ3v) is 4.06. The Morgan fingerprint density at radius 3 is 3.00 bits per heavy atom. The van der Waals surface area contributed by atoms with Crippen LogP contribution in [0.1, 0.15) is 26.0 Å². The molecule has 2 rings (SSSR count). The zero-order valence-corrected chi connectivity index (χ0v) is 13.4. The number of hydrogen-bond donors (Lipinski definition) is 1. The molecule has 0 fully saturated rings. The predicted octanol–water partition coefficient (Wildman–Crippen LogP) is 2.37. The first-order chi connectivity index (χ1) is 9.81. The lowest BCUT2D eigenvalue weighted by Crippen LogP contribution is -2.29. The maximum absolute atomic E-state index is 5.20. The van der Waals surface area contributed by atoms with Gasteiger partial charge in [-0.25, -0.2) is 4.98 Å². The van der Waals surface area contributed by atoms with Crippen LogP contribution in [0.15, 0.2) is 11.6 Å². The number of aromatic nitrogens is 2. The van der Waals surface area contributed by atoms with Gasteiger partial charge in [0.1, 0.15) is 0 Å². The molecule has 0 aliphatic heterocycles. The third kappa shape index (κ3) is 3.31. The van der Waals surface area contributed by atoms with E-state index < -0.39 is 0 Å². The van der Waals surface area contributed by atoms with Gasteiger partial charge in [0.15, 0.2) is 10.8 Å². The predicted molar refractivity (Wildman–Crippen MR) is 84.8 cm³/mol. The molecule has 20 heavy (non-hydrogen) atoms. The second-order valence-corrected chi connectivity index (χ2v) is 5.56. The molecule has 0 saturated carbocycles. The van der Waals surface area contributed by atoms with Gasteiger partial charge in [0.05, 0.1) is 12.3 Å². The van der Waals surface area contributed by atoms with Crippen molar-refractivity contribution in [1.29, 1.82) is 0 Å². The molecule has 0 aliphatic carbocycles. The molecule has 0 spiro atoms. The van der Waals surface area contributed by atoms with Gasteiger partial charge < -0.3 is 15.0 Å². The Labute approximate surface area is 124 Å². The Kier molecular flexibility index (Phi) is 5.82. The molecule has 0 aromatic carbocycles. The molecule has 0 atom stereocenters. The van der Waals surface area contributed by atoms with Crippen LogP contribution in [0.5, 0.6) is 0 Å². The van der Waals surface area contributed by atoms with E-state index in [0.29, 0.717) is 0 Å². The van der Waals surface area contributed by atoms with E-state index in [1.807, 2.05) is 0 Å². The molecule has 5 nitrogen and oxygen atoms in total. The first-order valence-electron chi connectivity index (χ1n) is 7.20. The van der Waals surface area contributed by atoms with Crippen LogP contribution in [-0.4, -0.2) is 42.7 Å². The van der Waals surface area contributed by atoms with E-state index in [0.717, 1.165) is 50.0 Å². The SMILES string of the molecule is CCCNCc1c(N(CC)CCOC)nc2sccn12. The van der Waals surface area contributed by atoms with E-state index in [1.54, 1.807) is 18.4 Å². The molecule has 0 aliphatic rings. The summed E-state index contributed by atoms with van der Waals surface area (Å²) in [6, 6.07) is 0. The fourth-order valence-electron chi connectivity index (χ4n) is 2.24. The normalized spacial score (nSPS) is 11.3. The highest BCUT2D eigenvalue weighted by molar-refractivity contribution is 7.15. The second kappa shape index (κ2) is 7.61. The van der Waals surface area contributed by atoms with Crippen LogP contribution in [-0.2, 0) is 11.3 Å². The first kappa shape index (κ1) is 15.3. The van der Waals surface area contributed by atoms with Crippen molar-refractivity contribution in [1.82, 2.24) is 14.7 Å². The van der Waals surface area contributed by atoms with Gasteiger partial charge in [0.2, 0.25) is 0 Å². The molecule has 0 unspecified atom stereocenters. The zero-order valence-electron chi connectivity index (χ0n) is 12.6. The molecule has 0 radical (unpaired) electrons. The Balaban J connectivity index is 2.24. The zero-order chi connectivity index (χ0) is 14.4. The van der Waals surface area contributed by atoms with Crippen LogP contribution < -0.4 is 10.2 Å². The van der Waals surface area contributed by atoms with Gasteiger partial charge in [-0.15, -0.1) is 11.3 Å². The summed E-state index contributed by atoms with van der Waals surface area (Å²) < 4.78 is 7.39. The van der Waals surface area contributed by atoms with Crippen LogP contribution in [0.2, 0.25) is 0 Å². The average molecular weight is 296 g/mol. The summed E-state index contributed by atoms with van der Waals surface area (Å²) in [6.45, 7) is 8.76. The Morgan fingerprint density at radius 2 is 2.30 bits per heavy atom. The Morgan fingerprint density at radius 1 is 1.45 bits per heavy atom. The van der Waals surface area contributed by atoms with Crippen molar-refractivity contribution >= 4 is 22.1 Å². The quantitative estimate of drug-likeness (QED) is 0.721. The summed E-state index contributed by atoms with van der Waals surface area (Å²) in [5.41, 5.74) is 1.24. The molecule has 0 amide bonds. The topological polar surface area (TPSA) is 41.8 Å². The van der Waals surface area contributed by atoms with E-state index in [2.05, 4.69) is 40.0 Å². The largest absolute Gasteiger partial charge is 0.383 e. The minimum Gasteiger partial charge on any atom is -0.383 e. The Bertz CT molecular complexity index is 522. The monoisotopic (exact) mass is 296 g/mol. The van der Waals surface area contributed by atoms with Crippen molar-refractivity contribution in [3.8, 4) is 0 Å². The summed E-state index contributed by atoms with van der Waals surface area (Å²) >= 11 is 1.68.